The van der Waals surface area contributed by atoms with Gasteiger partial charge in [-0.1, -0.05) is 35.0 Å². The predicted octanol–water partition coefficient (Wildman–Crippen LogP) is 2.28. The first-order chi connectivity index (χ1) is 11.5. The van der Waals surface area contributed by atoms with Crippen molar-refractivity contribution in [3.05, 3.63) is 75.8 Å². The van der Waals surface area contributed by atoms with Crippen molar-refractivity contribution in [1.29, 1.82) is 0 Å². The number of hydrogen-bond acceptors (Lipinski definition) is 4. The third kappa shape index (κ3) is 3.27. The third-order valence-electron chi connectivity index (χ3n) is 3.69. The Bertz CT molecular complexity index is 923. The van der Waals surface area contributed by atoms with Crippen LogP contribution in [0.4, 0.5) is 0 Å². The lowest BCUT2D eigenvalue weighted by atomic mass is 10.1. The summed E-state index contributed by atoms with van der Waals surface area (Å²) in [4.78, 5) is 24.0. The summed E-state index contributed by atoms with van der Waals surface area (Å²) in [7, 11) is 1.60. The van der Waals surface area contributed by atoms with Crippen molar-refractivity contribution in [1.82, 2.24) is 15.0 Å². The van der Waals surface area contributed by atoms with Gasteiger partial charge in [0.2, 0.25) is 0 Å². The van der Waals surface area contributed by atoms with Crippen LogP contribution in [0.1, 0.15) is 21.6 Å². The van der Waals surface area contributed by atoms with Gasteiger partial charge >= 0.3 is 0 Å². The molecule has 0 bridgehead atoms. The average molecular weight is 323 g/mol. The molecular formula is C18H17N3O3. The SMILES string of the molecule is Cc1ccc(-c2cc(CNC(=O)c3cccn(C)c3=O)no2)cc1. The number of hydrogen-bond donors (Lipinski definition) is 1. The van der Waals surface area contributed by atoms with E-state index in [1.807, 2.05) is 31.2 Å². The van der Waals surface area contributed by atoms with Gasteiger partial charge in [-0.3, -0.25) is 9.59 Å². The van der Waals surface area contributed by atoms with Crippen LogP contribution < -0.4 is 10.9 Å². The van der Waals surface area contributed by atoms with Crippen LogP contribution in [-0.4, -0.2) is 15.6 Å². The van der Waals surface area contributed by atoms with Gasteiger partial charge in [-0.25, -0.2) is 0 Å². The summed E-state index contributed by atoms with van der Waals surface area (Å²) in [6, 6.07) is 12.8. The molecular weight excluding hydrogens is 306 g/mol. The van der Waals surface area contributed by atoms with Crippen molar-refractivity contribution in [2.75, 3.05) is 0 Å². The topological polar surface area (TPSA) is 77.1 Å². The number of aryl methyl sites for hydroxylation is 2. The average Bonchev–Trinajstić information content (AvgIpc) is 3.05. The molecule has 24 heavy (non-hydrogen) atoms. The van der Waals surface area contributed by atoms with Gasteiger partial charge in [-0.05, 0) is 19.1 Å². The Kier molecular flexibility index (Phi) is 4.29. The van der Waals surface area contributed by atoms with Gasteiger partial charge in [0.05, 0.1) is 6.54 Å². The van der Waals surface area contributed by atoms with E-state index in [1.54, 1.807) is 25.4 Å². The van der Waals surface area contributed by atoms with Crippen LogP contribution in [0.5, 0.6) is 0 Å². The smallest absolute Gasteiger partial charge is 0.263 e. The van der Waals surface area contributed by atoms with E-state index in [-0.39, 0.29) is 17.7 Å². The molecule has 1 amide bonds. The van der Waals surface area contributed by atoms with Gasteiger partial charge in [0.15, 0.2) is 5.76 Å². The van der Waals surface area contributed by atoms with E-state index in [9.17, 15) is 9.59 Å². The molecule has 6 nitrogen and oxygen atoms in total. The van der Waals surface area contributed by atoms with Gasteiger partial charge in [0.25, 0.3) is 11.5 Å². The second-order valence-electron chi connectivity index (χ2n) is 5.57. The van der Waals surface area contributed by atoms with Crippen molar-refractivity contribution < 1.29 is 9.32 Å². The van der Waals surface area contributed by atoms with E-state index in [0.29, 0.717) is 11.5 Å². The first-order valence-corrected chi connectivity index (χ1v) is 7.51. The van der Waals surface area contributed by atoms with E-state index >= 15 is 0 Å². The molecule has 0 fully saturated rings. The Labute approximate surface area is 138 Å². The van der Waals surface area contributed by atoms with Gasteiger partial charge in [-0.15, -0.1) is 0 Å². The number of benzene rings is 1. The second kappa shape index (κ2) is 6.54. The molecule has 0 aliphatic heterocycles. The summed E-state index contributed by atoms with van der Waals surface area (Å²) < 4.78 is 6.67. The molecule has 0 saturated carbocycles. The van der Waals surface area contributed by atoms with E-state index in [0.717, 1.165) is 11.1 Å². The van der Waals surface area contributed by atoms with E-state index in [2.05, 4.69) is 10.5 Å². The maximum atomic E-state index is 12.1. The van der Waals surface area contributed by atoms with Crippen LogP contribution in [0.3, 0.4) is 0 Å². The molecule has 1 aromatic carbocycles. The first kappa shape index (κ1) is 15.7. The number of carbonyl (C=O) groups excluding carboxylic acids is 1. The van der Waals surface area contributed by atoms with Crippen LogP contribution in [-0.2, 0) is 13.6 Å². The van der Waals surface area contributed by atoms with Gasteiger partial charge in [0, 0.05) is 24.9 Å². The normalized spacial score (nSPS) is 10.6. The Balaban J connectivity index is 1.69. The van der Waals surface area contributed by atoms with E-state index < -0.39 is 5.91 Å². The molecule has 3 rings (SSSR count). The number of amides is 1. The monoisotopic (exact) mass is 323 g/mol. The highest BCUT2D eigenvalue weighted by molar-refractivity contribution is 5.93. The minimum Gasteiger partial charge on any atom is -0.356 e. The predicted molar refractivity (Wildman–Crippen MR) is 89.5 cm³/mol. The van der Waals surface area contributed by atoms with Crippen LogP contribution in [0, 0.1) is 6.92 Å². The largest absolute Gasteiger partial charge is 0.356 e. The van der Waals surface area contributed by atoms with Crippen LogP contribution in [0.2, 0.25) is 0 Å². The number of nitrogens with zero attached hydrogens (tertiary/aromatic N) is 2. The Morgan fingerprint density at radius 1 is 1.25 bits per heavy atom. The molecule has 1 N–H and O–H groups in total. The number of rotatable bonds is 4. The van der Waals surface area contributed by atoms with Crippen molar-refractivity contribution in [3.8, 4) is 11.3 Å². The fraction of sp³-hybridized carbons (Fsp3) is 0.167. The highest BCUT2D eigenvalue weighted by Gasteiger charge is 2.12. The van der Waals surface area contributed by atoms with Crippen LogP contribution in [0.15, 0.2) is 58.0 Å². The zero-order chi connectivity index (χ0) is 17.1. The zero-order valence-electron chi connectivity index (χ0n) is 13.4. The molecule has 0 saturated heterocycles. The molecule has 0 radical (unpaired) electrons. The van der Waals surface area contributed by atoms with Crippen LogP contribution >= 0.6 is 0 Å². The highest BCUT2D eigenvalue weighted by Crippen LogP contribution is 2.20. The summed E-state index contributed by atoms with van der Waals surface area (Å²) in [5.74, 6) is 0.200. The summed E-state index contributed by atoms with van der Waals surface area (Å²) in [6.07, 6.45) is 1.60. The Hall–Kier alpha value is -3.15. The molecule has 0 spiro atoms. The lowest BCUT2D eigenvalue weighted by Crippen LogP contribution is -2.31. The lowest BCUT2D eigenvalue weighted by molar-refractivity contribution is 0.0948. The maximum absolute atomic E-state index is 12.1. The molecule has 6 heteroatoms. The lowest BCUT2D eigenvalue weighted by Gasteiger charge is -2.03. The minimum atomic E-state index is -0.434. The minimum absolute atomic E-state index is 0.0993. The molecule has 2 heterocycles. The number of nitrogens with one attached hydrogen (secondary N) is 1. The molecule has 0 unspecified atom stereocenters. The highest BCUT2D eigenvalue weighted by atomic mass is 16.5. The van der Waals surface area contributed by atoms with Crippen molar-refractivity contribution in [2.45, 2.75) is 13.5 Å². The number of aromatic nitrogens is 2. The van der Waals surface area contributed by atoms with E-state index in [4.69, 9.17) is 4.52 Å². The Morgan fingerprint density at radius 2 is 2.00 bits per heavy atom. The standard InChI is InChI=1S/C18H17N3O3/c1-12-5-7-13(8-6-12)16-10-14(20-24-16)11-19-17(22)15-4-3-9-21(2)18(15)23/h3-10H,11H2,1-2H3,(H,19,22). The summed E-state index contributed by atoms with van der Waals surface area (Å²) in [5, 5.41) is 6.63. The molecule has 122 valence electrons. The van der Waals surface area contributed by atoms with Crippen LogP contribution in [0.25, 0.3) is 11.3 Å². The fourth-order valence-corrected chi connectivity index (χ4v) is 2.29. The second-order valence-corrected chi connectivity index (χ2v) is 5.57. The van der Waals surface area contributed by atoms with Gasteiger partial charge in [-0.2, -0.15) is 0 Å². The number of carbonyl (C=O) groups is 1. The molecule has 2 aromatic heterocycles. The van der Waals surface area contributed by atoms with Gasteiger partial charge < -0.3 is 14.4 Å². The number of pyridine rings is 1. The molecule has 0 aliphatic rings. The quantitative estimate of drug-likeness (QED) is 0.799. The Morgan fingerprint density at radius 3 is 2.75 bits per heavy atom. The molecule has 0 aliphatic carbocycles. The molecule has 0 atom stereocenters. The first-order valence-electron chi connectivity index (χ1n) is 7.51. The van der Waals surface area contributed by atoms with Crippen molar-refractivity contribution >= 4 is 5.91 Å². The van der Waals surface area contributed by atoms with Crippen molar-refractivity contribution in [2.24, 2.45) is 7.05 Å². The zero-order valence-corrected chi connectivity index (χ0v) is 13.4. The summed E-state index contributed by atoms with van der Waals surface area (Å²) >= 11 is 0. The van der Waals surface area contributed by atoms with Crippen molar-refractivity contribution in [3.63, 3.8) is 0 Å². The summed E-state index contributed by atoms with van der Waals surface area (Å²) in [6.45, 7) is 2.20. The molecule has 3 aromatic rings. The summed E-state index contributed by atoms with van der Waals surface area (Å²) in [5.41, 5.74) is 2.43. The maximum Gasteiger partial charge on any atom is 0.263 e. The van der Waals surface area contributed by atoms with Gasteiger partial charge in [0.1, 0.15) is 11.3 Å². The third-order valence-corrected chi connectivity index (χ3v) is 3.69. The van der Waals surface area contributed by atoms with E-state index in [1.165, 1.54) is 10.6 Å². The fourth-order valence-electron chi connectivity index (χ4n) is 2.29.